The molecule has 1 heterocycles. The average Bonchev–Trinajstić information content (AvgIpc) is 2.42. The Morgan fingerprint density at radius 2 is 1.95 bits per heavy atom. The summed E-state index contributed by atoms with van der Waals surface area (Å²) in [5.74, 6) is 1.33. The fraction of sp³-hybridized carbons (Fsp3) is 0.933. The Labute approximate surface area is 152 Å². The maximum absolute atomic E-state index is 10.5. The van der Waals surface area contributed by atoms with Gasteiger partial charge in [-0.15, -0.1) is 24.0 Å². The average molecular weight is 428 g/mol. The molecule has 3 N–H and O–H groups in total. The van der Waals surface area contributed by atoms with Crippen molar-refractivity contribution in [3.8, 4) is 0 Å². The molecule has 6 nitrogen and oxygen atoms in total. The van der Waals surface area contributed by atoms with E-state index in [1.54, 1.807) is 0 Å². The maximum atomic E-state index is 10.5. The van der Waals surface area contributed by atoms with Crippen molar-refractivity contribution in [2.45, 2.75) is 33.3 Å². The van der Waals surface area contributed by atoms with Gasteiger partial charge in [0.1, 0.15) is 0 Å². The van der Waals surface area contributed by atoms with Gasteiger partial charge < -0.3 is 20.5 Å². The number of rotatable bonds is 7. The third kappa shape index (κ3) is 9.81. The van der Waals surface area contributed by atoms with Gasteiger partial charge >= 0.3 is 0 Å². The smallest absolute Gasteiger partial charge is 0.191 e. The van der Waals surface area contributed by atoms with Crippen LogP contribution in [0.1, 0.15) is 27.7 Å². The molecule has 0 aromatic carbocycles. The highest BCUT2D eigenvalue weighted by atomic mass is 127. The van der Waals surface area contributed by atoms with Crippen molar-refractivity contribution in [2.24, 2.45) is 10.9 Å². The normalized spacial score (nSPS) is 19.5. The lowest BCUT2D eigenvalue weighted by Gasteiger charge is -2.33. The van der Waals surface area contributed by atoms with Crippen LogP contribution in [-0.4, -0.2) is 74.0 Å². The topological polar surface area (TPSA) is 69.1 Å². The predicted molar refractivity (Wildman–Crippen MR) is 102 cm³/mol. The molecular formula is C15H33IN4O2. The van der Waals surface area contributed by atoms with Gasteiger partial charge in [-0.1, -0.05) is 13.8 Å². The molecule has 1 aliphatic rings. The molecule has 7 heteroatoms. The standard InChI is InChI=1S/C15H32N4O2.HI/c1-5-16-14(17-10-13(2)3)18-11-15(4,20)12-19-6-8-21-9-7-19;/h13,20H,5-12H2,1-4H3,(H2,16,17,18);1H. The maximum Gasteiger partial charge on any atom is 0.191 e. The first kappa shape index (κ1) is 21.9. The molecule has 0 aliphatic carbocycles. The molecule has 1 saturated heterocycles. The summed E-state index contributed by atoms with van der Waals surface area (Å²) in [6.07, 6.45) is 0. The number of aliphatic hydroxyl groups is 1. The van der Waals surface area contributed by atoms with E-state index in [2.05, 4.69) is 34.4 Å². The molecule has 1 unspecified atom stereocenters. The second kappa shape index (κ2) is 11.4. The SMILES string of the molecule is CCNC(=NCC(C)(O)CN1CCOCC1)NCC(C)C.I. The van der Waals surface area contributed by atoms with Crippen LogP contribution in [0.15, 0.2) is 4.99 Å². The predicted octanol–water partition coefficient (Wildman–Crippen LogP) is 0.899. The summed E-state index contributed by atoms with van der Waals surface area (Å²) in [5.41, 5.74) is -0.822. The largest absolute Gasteiger partial charge is 0.387 e. The van der Waals surface area contributed by atoms with E-state index in [-0.39, 0.29) is 24.0 Å². The Morgan fingerprint density at radius 3 is 2.50 bits per heavy atom. The van der Waals surface area contributed by atoms with Crippen LogP contribution in [0, 0.1) is 5.92 Å². The zero-order chi connectivity index (χ0) is 15.7. The lowest BCUT2D eigenvalue weighted by molar-refractivity contribution is -0.0179. The number of halogens is 1. The monoisotopic (exact) mass is 428 g/mol. The number of β-amino-alcohol motifs (C(OH)–C–C–N with tert-alkyl or cyclic N) is 1. The number of nitrogens with one attached hydrogen (secondary N) is 2. The number of morpholine rings is 1. The van der Waals surface area contributed by atoms with Gasteiger partial charge in [0.15, 0.2) is 5.96 Å². The first-order valence-electron chi connectivity index (χ1n) is 7.97. The molecule has 1 rings (SSSR count). The minimum atomic E-state index is -0.822. The molecule has 22 heavy (non-hydrogen) atoms. The van der Waals surface area contributed by atoms with Crippen molar-refractivity contribution in [3.63, 3.8) is 0 Å². The van der Waals surface area contributed by atoms with E-state index in [1.165, 1.54) is 0 Å². The van der Waals surface area contributed by atoms with Crippen LogP contribution in [0.3, 0.4) is 0 Å². The summed E-state index contributed by atoms with van der Waals surface area (Å²) in [5, 5.41) is 17.0. The highest BCUT2D eigenvalue weighted by Gasteiger charge is 2.25. The van der Waals surface area contributed by atoms with Crippen molar-refractivity contribution < 1.29 is 9.84 Å². The minimum Gasteiger partial charge on any atom is -0.387 e. The van der Waals surface area contributed by atoms with Crippen molar-refractivity contribution in [3.05, 3.63) is 0 Å². The van der Waals surface area contributed by atoms with Gasteiger partial charge in [-0.05, 0) is 19.8 Å². The molecule has 0 aromatic heterocycles. The molecule has 0 amide bonds. The molecule has 1 fully saturated rings. The Kier molecular flexibility index (Phi) is 11.4. The highest BCUT2D eigenvalue weighted by molar-refractivity contribution is 14.0. The van der Waals surface area contributed by atoms with Gasteiger partial charge in [-0.3, -0.25) is 9.89 Å². The van der Waals surface area contributed by atoms with Gasteiger partial charge in [-0.25, -0.2) is 0 Å². The van der Waals surface area contributed by atoms with Crippen LogP contribution >= 0.6 is 24.0 Å². The van der Waals surface area contributed by atoms with Gasteiger partial charge in [0.05, 0.1) is 25.4 Å². The Balaban J connectivity index is 0.00000441. The fourth-order valence-electron chi connectivity index (χ4n) is 2.18. The summed E-state index contributed by atoms with van der Waals surface area (Å²) in [4.78, 5) is 6.74. The summed E-state index contributed by atoms with van der Waals surface area (Å²) >= 11 is 0. The number of guanidine groups is 1. The van der Waals surface area contributed by atoms with E-state index >= 15 is 0 Å². The third-order valence-corrected chi connectivity index (χ3v) is 3.27. The van der Waals surface area contributed by atoms with Crippen LogP contribution in [0.4, 0.5) is 0 Å². The van der Waals surface area contributed by atoms with E-state index in [9.17, 15) is 5.11 Å². The van der Waals surface area contributed by atoms with E-state index in [0.29, 0.717) is 19.0 Å². The van der Waals surface area contributed by atoms with Crippen molar-refractivity contribution >= 4 is 29.9 Å². The van der Waals surface area contributed by atoms with Crippen LogP contribution in [0.5, 0.6) is 0 Å². The van der Waals surface area contributed by atoms with E-state index < -0.39 is 5.60 Å². The molecule has 132 valence electrons. The lowest BCUT2D eigenvalue weighted by Crippen LogP contribution is -2.48. The first-order chi connectivity index (χ1) is 9.93. The Hall–Kier alpha value is -0.120. The summed E-state index contributed by atoms with van der Waals surface area (Å²) in [6, 6.07) is 0. The number of nitrogens with zero attached hydrogens (tertiary/aromatic N) is 2. The van der Waals surface area contributed by atoms with Crippen molar-refractivity contribution in [1.29, 1.82) is 0 Å². The van der Waals surface area contributed by atoms with Gasteiger partial charge in [0.2, 0.25) is 0 Å². The van der Waals surface area contributed by atoms with Gasteiger partial charge in [0.25, 0.3) is 0 Å². The molecule has 0 saturated carbocycles. The lowest BCUT2D eigenvalue weighted by atomic mass is 10.1. The number of hydrogen-bond acceptors (Lipinski definition) is 4. The van der Waals surface area contributed by atoms with E-state index in [1.807, 2.05) is 13.8 Å². The molecular weight excluding hydrogens is 395 g/mol. The third-order valence-electron chi connectivity index (χ3n) is 3.27. The van der Waals surface area contributed by atoms with E-state index in [4.69, 9.17) is 4.74 Å². The quantitative estimate of drug-likeness (QED) is 0.320. The van der Waals surface area contributed by atoms with Crippen LogP contribution in [-0.2, 0) is 4.74 Å². The van der Waals surface area contributed by atoms with Crippen LogP contribution < -0.4 is 10.6 Å². The summed E-state index contributed by atoms with van der Waals surface area (Å²) in [7, 11) is 0. The fourth-order valence-corrected chi connectivity index (χ4v) is 2.18. The first-order valence-corrected chi connectivity index (χ1v) is 7.97. The van der Waals surface area contributed by atoms with Crippen molar-refractivity contribution in [1.82, 2.24) is 15.5 Å². The number of hydrogen-bond donors (Lipinski definition) is 3. The van der Waals surface area contributed by atoms with Gasteiger partial charge in [0, 0.05) is 32.7 Å². The summed E-state index contributed by atoms with van der Waals surface area (Å²) < 4.78 is 5.33. The molecule has 0 radical (unpaired) electrons. The molecule has 1 atom stereocenters. The Morgan fingerprint density at radius 1 is 1.32 bits per heavy atom. The van der Waals surface area contributed by atoms with E-state index in [0.717, 1.165) is 45.4 Å². The second-order valence-electron chi connectivity index (χ2n) is 6.36. The minimum absolute atomic E-state index is 0. The number of aliphatic imine (C=N–C) groups is 1. The zero-order valence-electron chi connectivity index (χ0n) is 14.4. The second-order valence-corrected chi connectivity index (χ2v) is 6.36. The molecule has 0 aromatic rings. The van der Waals surface area contributed by atoms with Crippen LogP contribution in [0.2, 0.25) is 0 Å². The highest BCUT2D eigenvalue weighted by Crippen LogP contribution is 2.09. The Bertz CT molecular complexity index is 319. The van der Waals surface area contributed by atoms with Crippen molar-refractivity contribution in [2.75, 3.05) is 52.5 Å². The van der Waals surface area contributed by atoms with Crippen LogP contribution in [0.25, 0.3) is 0 Å². The number of ether oxygens (including phenoxy) is 1. The van der Waals surface area contributed by atoms with Gasteiger partial charge in [-0.2, -0.15) is 0 Å². The molecule has 0 spiro atoms. The zero-order valence-corrected chi connectivity index (χ0v) is 16.7. The molecule has 0 bridgehead atoms. The molecule has 1 aliphatic heterocycles. The summed E-state index contributed by atoms with van der Waals surface area (Å²) in [6.45, 7) is 14.2.